The van der Waals surface area contributed by atoms with Gasteiger partial charge in [-0.3, -0.25) is 0 Å². The SMILES string of the molecule is [CH2]C1=CCCCCCCC1. The zero-order valence-corrected chi connectivity index (χ0v) is 6.73. The highest BCUT2D eigenvalue weighted by atomic mass is 14.0. The Kier molecular flexibility index (Phi) is 3.56. The highest BCUT2D eigenvalue weighted by Crippen LogP contribution is 2.15. The molecule has 10 heavy (non-hydrogen) atoms. The zero-order valence-electron chi connectivity index (χ0n) is 6.73. The fourth-order valence-corrected chi connectivity index (χ4v) is 1.43. The third-order valence-corrected chi connectivity index (χ3v) is 2.14. The van der Waals surface area contributed by atoms with Crippen LogP contribution in [0.4, 0.5) is 0 Å². The van der Waals surface area contributed by atoms with Crippen molar-refractivity contribution in [3.8, 4) is 0 Å². The summed E-state index contributed by atoms with van der Waals surface area (Å²) in [6.45, 7) is 4.00. The Balaban J connectivity index is 2.29. The minimum absolute atomic E-state index is 1.24. The van der Waals surface area contributed by atoms with Crippen LogP contribution in [0.3, 0.4) is 0 Å². The van der Waals surface area contributed by atoms with Gasteiger partial charge in [-0.2, -0.15) is 0 Å². The van der Waals surface area contributed by atoms with Crippen LogP contribution in [0, 0.1) is 6.92 Å². The summed E-state index contributed by atoms with van der Waals surface area (Å²) in [6.07, 6.45) is 11.8. The first-order chi connectivity index (χ1) is 4.89. The summed E-state index contributed by atoms with van der Waals surface area (Å²) >= 11 is 0. The molecule has 0 aliphatic heterocycles. The van der Waals surface area contributed by atoms with Gasteiger partial charge in [-0.1, -0.05) is 30.9 Å². The number of hydrogen-bond acceptors (Lipinski definition) is 0. The Hall–Kier alpha value is -0.260. The average Bonchev–Trinajstić information content (AvgIpc) is 2.02. The van der Waals surface area contributed by atoms with Gasteiger partial charge in [0.1, 0.15) is 0 Å². The molecule has 0 aromatic heterocycles. The van der Waals surface area contributed by atoms with Crippen LogP contribution in [0.5, 0.6) is 0 Å². The van der Waals surface area contributed by atoms with Crippen LogP contribution in [0.15, 0.2) is 11.6 Å². The van der Waals surface area contributed by atoms with E-state index in [0.717, 1.165) is 0 Å². The normalized spacial score (nSPS) is 22.3. The van der Waals surface area contributed by atoms with Crippen molar-refractivity contribution in [3.05, 3.63) is 18.6 Å². The lowest BCUT2D eigenvalue weighted by Crippen LogP contribution is -1.77. The van der Waals surface area contributed by atoms with E-state index >= 15 is 0 Å². The van der Waals surface area contributed by atoms with Gasteiger partial charge in [-0.05, 0) is 32.6 Å². The molecule has 0 aromatic carbocycles. The van der Waals surface area contributed by atoms with Crippen molar-refractivity contribution in [2.45, 2.75) is 44.9 Å². The highest BCUT2D eigenvalue weighted by Gasteiger charge is 1.95. The van der Waals surface area contributed by atoms with E-state index in [1.54, 1.807) is 0 Å². The van der Waals surface area contributed by atoms with Gasteiger partial charge in [0.25, 0.3) is 0 Å². The Bertz CT molecular complexity index is 111. The molecular formula is C10H17. The molecule has 1 rings (SSSR count). The number of allylic oxidation sites excluding steroid dienone is 2. The Morgan fingerprint density at radius 1 is 1.00 bits per heavy atom. The molecule has 1 aliphatic rings. The molecule has 0 N–H and O–H groups in total. The summed E-state index contributed by atoms with van der Waals surface area (Å²) in [5.74, 6) is 0. The van der Waals surface area contributed by atoms with E-state index in [2.05, 4.69) is 13.0 Å². The van der Waals surface area contributed by atoms with Gasteiger partial charge in [0.15, 0.2) is 0 Å². The van der Waals surface area contributed by atoms with Crippen molar-refractivity contribution < 1.29 is 0 Å². The summed E-state index contributed by atoms with van der Waals surface area (Å²) in [4.78, 5) is 0. The van der Waals surface area contributed by atoms with Crippen molar-refractivity contribution in [1.29, 1.82) is 0 Å². The average molecular weight is 137 g/mol. The number of rotatable bonds is 0. The predicted molar refractivity (Wildman–Crippen MR) is 45.8 cm³/mol. The summed E-state index contributed by atoms with van der Waals surface area (Å²) in [5.41, 5.74) is 1.36. The minimum atomic E-state index is 1.24. The summed E-state index contributed by atoms with van der Waals surface area (Å²) in [7, 11) is 0. The lowest BCUT2D eigenvalue weighted by molar-refractivity contribution is 0.630. The van der Waals surface area contributed by atoms with Gasteiger partial charge in [0.2, 0.25) is 0 Å². The van der Waals surface area contributed by atoms with Gasteiger partial charge in [0.05, 0.1) is 0 Å². The van der Waals surface area contributed by atoms with Gasteiger partial charge >= 0.3 is 0 Å². The molecule has 0 bridgehead atoms. The van der Waals surface area contributed by atoms with Crippen molar-refractivity contribution in [3.63, 3.8) is 0 Å². The molecule has 0 unspecified atom stereocenters. The van der Waals surface area contributed by atoms with Crippen LogP contribution in [-0.4, -0.2) is 0 Å². The first kappa shape index (κ1) is 7.84. The second kappa shape index (κ2) is 4.54. The molecule has 0 atom stereocenters. The maximum Gasteiger partial charge on any atom is -0.0283 e. The second-order valence-electron chi connectivity index (χ2n) is 3.17. The van der Waals surface area contributed by atoms with Crippen LogP contribution in [0.1, 0.15) is 44.9 Å². The van der Waals surface area contributed by atoms with Crippen molar-refractivity contribution in [2.75, 3.05) is 0 Å². The molecule has 0 heteroatoms. The maximum absolute atomic E-state index is 4.00. The van der Waals surface area contributed by atoms with E-state index in [4.69, 9.17) is 0 Å². The molecule has 0 saturated carbocycles. The largest absolute Gasteiger partial charge is 0.0853 e. The molecule has 1 radical (unpaired) electrons. The smallest absolute Gasteiger partial charge is 0.0283 e. The van der Waals surface area contributed by atoms with E-state index < -0.39 is 0 Å². The molecular weight excluding hydrogens is 120 g/mol. The molecule has 57 valence electrons. The zero-order chi connectivity index (χ0) is 7.23. The first-order valence-corrected chi connectivity index (χ1v) is 4.40. The van der Waals surface area contributed by atoms with Crippen molar-refractivity contribution in [1.82, 2.24) is 0 Å². The van der Waals surface area contributed by atoms with E-state index in [1.807, 2.05) is 0 Å². The monoisotopic (exact) mass is 137 g/mol. The van der Waals surface area contributed by atoms with Crippen LogP contribution in [0.25, 0.3) is 0 Å². The van der Waals surface area contributed by atoms with Gasteiger partial charge in [-0.25, -0.2) is 0 Å². The fourth-order valence-electron chi connectivity index (χ4n) is 1.43. The lowest BCUT2D eigenvalue weighted by Gasteiger charge is -1.96. The van der Waals surface area contributed by atoms with Gasteiger partial charge in [0, 0.05) is 0 Å². The van der Waals surface area contributed by atoms with E-state index in [0.29, 0.717) is 0 Å². The summed E-state index contributed by atoms with van der Waals surface area (Å²) < 4.78 is 0. The van der Waals surface area contributed by atoms with Crippen LogP contribution >= 0.6 is 0 Å². The topological polar surface area (TPSA) is 0 Å². The van der Waals surface area contributed by atoms with Crippen LogP contribution in [-0.2, 0) is 0 Å². The molecule has 0 nitrogen and oxygen atoms in total. The Labute approximate surface area is 64.3 Å². The minimum Gasteiger partial charge on any atom is -0.0853 e. The summed E-state index contributed by atoms with van der Waals surface area (Å²) in [6, 6.07) is 0. The standard InChI is InChI=1S/C10H17/c1-10-8-6-4-2-3-5-7-9-10/h8H,1-7,9H2. The van der Waals surface area contributed by atoms with Crippen molar-refractivity contribution in [2.24, 2.45) is 0 Å². The van der Waals surface area contributed by atoms with Crippen LogP contribution in [0.2, 0.25) is 0 Å². The first-order valence-electron chi connectivity index (χ1n) is 4.40. The van der Waals surface area contributed by atoms with E-state index in [1.165, 1.54) is 50.5 Å². The molecule has 0 saturated heterocycles. The number of hydrogen-bond donors (Lipinski definition) is 0. The lowest BCUT2D eigenvalue weighted by atomic mass is 10.1. The summed E-state index contributed by atoms with van der Waals surface area (Å²) in [5, 5.41) is 0. The quantitative estimate of drug-likeness (QED) is 0.479. The van der Waals surface area contributed by atoms with Gasteiger partial charge in [-0.15, -0.1) is 0 Å². The Morgan fingerprint density at radius 3 is 2.60 bits per heavy atom. The third-order valence-electron chi connectivity index (χ3n) is 2.14. The van der Waals surface area contributed by atoms with Crippen molar-refractivity contribution >= 4 is 0 Å². The Morgan fingerprint density at radius 2 is 1.70 bits per heavy atom. The van der Waals surface area contributed by atoms with E-state index in [9.17, 15) is 0 Å². The predicted octanol–water partition coefficient (Wildman–Crippen LogP) is 3.49. The molecule has 0 aromatic rings. The highest BCUT2D eigenvalue weighted by molar-refractivity contribution is 5.05. The third kappa shape index (κ3) is 3.05. The molecule has 1 aliphatic carbocycles. The van der Waals surface area contributed by atoms with Gasteiger partial charge < -0.3 is 0 Å². The molecule has 0 amide bonds. The molecule has 0 heterocycles. The maximum atomic E-state index is 4.00. The fraction of sp³-hybridized carbons (Fsp3) is 0.700. The second-order valence-corrected chi connectivity index (χ2v) is 3.17. The van der Waals surface area contributed by atoms with Crippen LogP contribution < -0.4 is 0 Å². The van der Waals surface area contributed by atoms with E-state index in [-0.39, 0.29) is 0 Å². The molecule has 0 spiro atoms. The molecule has 0 fully saturated rings.